The molecule has 18 heavy (non-hydrogen) atoms. The first-order chi connectivity index (χ1) is 8.75. The molecule has 0 saturated carbocycles. The smallest absolute Gasteiger partial charge is 0.138 e. The molecule has 3 aromatic rings. The van der Waals surface area contributed by atoms with Crippen LogP contribution in [-0.4, -0.2) is 19.7 Å². The third-order valence-corrected chi connectivity index (χ3v) is 3.87. The van der Waals surface area contributed by atoms with E-state index in [1.54, 1.807) is 17.7 Å². The van der Waals surface area contributed by atoms with E-state index in [2.05, 4.69) is 27.3 Å². The molecule has 0 bridgehead atoms. The zero-order valence-electron chi connectivity index (χ0n) is 10.2. The molecular formula is C12H13N5S. The first kappa shape index (κ1) is 11.2. The van der Waals surface area contributed by atoms with Crippen molar-refractivity contribution in [3.05, 3.63) is 35.2 Å². The van der Waals surface area contributed by atoms with Crippen LogP contribution in [0.3, 0.4) is 0 Å². The summed E-state index contributed by atoms with van der Waals surface area (Å²) in [5, 5.41) is 10.7. The van der Waals surface area contributed by atoms with Gasteiger partial charge in [0.15, 0.2) is 0 Å². The van der Waals surface area contributed by atoms with Crippen LogP contribution in [0, 0.1) is 6.92 Å². The van der Waals surface area contributed by atoms with Crippen molar-refractivity contribution in [3.8, 4) is 0 Å². The van der Waals surface area contributed by atoms with Crippen molar-refractivity contribution < 1.29 is 0 Å². The Labute approximate surface area is 109 Å². The van der Waals surface area contributed by atoms with E-state index < -0.39 is 0 Å². The Balaban J connectivity index is 1.85. The second-order valence-electron chi connectivity index (χ2n) is 4.09. The Kier molecular flexibility index (Phi) is 2.71. The Morgan fingerprint density at radius 3 is 3.06 bits per heavy atom. The lowest BCUT2D eigenvalue weighted by Gasteiger charge is -2.05. The number of anilines is 1. The maximum atomic E-state index is 4.29. The van der Waals surface area contributed by atoms with Crippen molar-refractivity contribution in [3.63, 3.8) is 0 Å². The third kappa shape index (κ3) is 1.84. The first-order valence-corrected chi connectivity index (χ1v) is 6.53. The summed E-state index contributed by atoms with van der Waals surface area (Å²) in [5.74, 6) is 0.879. The SMILES string of the molecule is Cc1c(CNc2ncnc3sccc23)cnn1C. The number of hydrogen-bond acceptors (Lipinski definition) is 5. The quantitative estimate of drug-likeness (QED) is 0.784. The molecule has 0 radical (unpaired) electrons. The fraction of sp³-hybridized carbons (Fsp3) is 0.250. The minimum Gasteiger partial charge on any atom is -0.365 e. The molecule has 0 unspecified atom stereocenters. The van der Waals surface area contributed by atoms with E-state index in [0.29, 0.717) is 0 Å². The fourth-order valence-corrected chi connectivity index (χ4v) is 2.56. The predicted octanol–water partition coefficient (Wildman–Crippen LogP) is 2.35. The lowest BCUT2D eigenvalue weighted by atomic mass is 10.2. The average Bonchev–Trinajstić information content (AvgIpc) is 2.97. The fourth-order valence-electron chi connectivity index (χ4n) is 1.83. The summed E-state index contributed by atoms with van der Waals surface area (Å²) >= 11 is 1.62. The summed E-state index contributed by atoms with van der Waals surface area (Å²) < 4.78 is 1.87. The number of nitrogens with zero attached hydrogens (tertiary/aromatic N) is 4. The molecule has 0 aromatic carbocycles. The number of rotatable bonds is 3. The van der Waals surface area contributed by atoms with Crippen LogP contribution in [0.5, 0.6) is 0 Å². The number of hydrogen-bond donors (Lipinski definition) is 1. The minimum absolute atomic E-state index is 0.724. The van der Waals surface area contributed by atoms with Crippen LogP contribution in [0.1, 0.15) is 11.3 Å². The van der Waals surface area contributed by atoms with Gasteiger partial charge in [-0.3, -0.25) is 4.68 Å². The van der Waals surface area contributed by atoms with Gasteiger partial charge in [0.1, 0.15) is 17.0 Å². The molecule has 5 nitrogen and oxygen atoms in total. The zero-order chi connectivity index (χ0) is 12.5. The highest BCUT2D eigenvalue weighted by molar-refractivity contribution is 7.16. The van der Waals surface area contributed by atoms with Crippen LogP contribution in [0.2, 0.25) is 0 Å². The van der Waals surface area contributed by atoms with Gasteiger partial charge in [0.05, 0.1) is 11.6 Å². The van der Waals surface area contributed by atoms with Crippen molar-refractivity contribution in [1.29, 1.82) is 0 Å². The standard InChI is InChI=1S/C12H13N5S/c1-8-9(6-16-17(8)2)5-13-11-10-3-4-18-12(10)15-7-14-11/h3-4,6-7H,5H2,1-2H3,(H,13,14,15). The molecule has 0 aliphatic carbocycles. The maximum absolute atomic E-state index is 4.29. The van der Waals surface area contributed by atoms with Gasteiger partial charge >= 0.3 is 0 Å². The van der Waals surface area contributed by atoms with Crippen molar-refractivity contribution in [2.45, 2.75) is 13.5 Å². The van der Waals surface area contributed by atoms with Gasteiger partial charge in [-0.1, -0.05) is 0 Å². The van der Waals surface area contributed by atoms with Crippen molar-refractivity contribution >= 4 is 27.4 Å². The van der Waals surface area contributed by atoms with E-state index in [0.717, 1.165) is 28.3 Å². The lowest BCUT2D eigenvalue weighted by Crippen LogP contribution is -2.03. The van der Waals surface area contributed by atoms with Crippen molar-refractivity contribution in [2.75, 3.05) is 5.32 Å². The third-order valence-electron chi connectivity index (χ3n) is 3.04. The summed E-state index contributed by atoms with van der Waals surface area (Å²) in [6.45, 7) is 2.78. The Morgan fingerprint density at radius 2 is 2.28 bits per heavy atom. The zero-order valence-corrected chi connectivity index (χ0v) is 11.0. The molecule has 6 heteroatoms. The molecule has 0 aliphatic rings. The molecule has 0 atom stereocenters. The number of aryl methyl sites for hydroxylation is 1. The van der Waals surface area contributed by atoms with E-state index >= 15 is 0 Å². The van der Waals surface area contributed by atoms with E-state index in [-0.39, 0.29) is 0 Å². The van der Waals surface area contributed by atoms with Crippen molar-refractivity contribution in [1.82, 2.24) is 19.7 Å². The van der Waals surface area contributed by atoms with E-state index in [1.165, 1.54) is 5.56 Å². The molecule has 0 fully saturated rings. The van der Waals surface area contributed by atoms with Crippen LogP contribution in [0.25, 0.3) is 10.2 Å². The predicted molar refractivity (Wildman–Crippen MR) is 72.7 cm³/mol. The molecule has 3 aromatic heterocycles. The second kappa shape index (κ2) is 4.38. The highest BCUT2D eigenvalue weighted by Crippen LogP contribution is 2.24. The number of thiophene rings is 1. The topological polar surface area (TPSA) is 55.6 Å². The van der Waals surface area contributed by atoms with Gasteiger partial charge in [-0.15, -0.1) is 11.3 Å². The van der Waals surface area contributed by atoms with Gasteiger partial charge in [-0.05, 0) is 18.4 Å². The van der Waals surface area contributed by atoms with Crippen LogP contribution in [-0.2, 0) is 13.6 Å². The highest BCUT2D eigenvalue weighted by Gasteiger charge is 2.07. The van der Waals surface area contributed by atoms with E-state index in [4.69, 9.17) is 0 Å². The van der Waals surface area contributed by atoms with Crippen LogP contribution in [0.15, 0.2) is 24.0 Å². The van der Waals surface area contributed by atoms with Crippen LogP contribution in [0.4, 0.5) is 5.82 Å². The minimum atomic E-state index is 0.724. The van der Waals surface area contributed by atoms with E-state index in [1.807, 2.05) is 29.4 Å². The highest BCUT2D eigenvalue weighted by atomic mass is 32.1. The molecule has 1 N–H and O–H groups in total. The van der Waals surface area contributed by atoms with Gasteiger partial charge in [-0.25, -0.2) is 9.97 Å². The summed E-state index contributed by atoms with van der Waals surface area (Å²) in [5.41, 5.74) is 2.35. The summed E-state index contributed by atoms with van der Waals surface area (Å²) in [6, 6.07) is 2.04. The molecule has 0 saturated heterocycles. The van der Waals surface area contributed by atoms with Gasteiger partial charge < -0.3 is 5.32 Å². The van der Waals surface area contributed by atoms with Gasteiger partial charge in [0.2, 0.25) is 0 Å². The van der Waals surface area contributed by atoms with Crippen molar-refractivity contribution in [2.24, 2.45) is 7.05 Å². The number of nitrogens with one attached hydrogen (secondary N) is 1. The van der Waals surface area contributed by atoms with Crippen LogP contribution < -0.4 is 5.32 Å². The molecule has 0 amide bonds. The molecule has 92 valence electrons. The van der Waals surface area contributed by atoms with Crippen LogP contribution >= 0.6 is 11.3 Å². The molecule has 3 heterocycles. The summed E-state index contributed by atoms with van der Waals surface area (Å²) in [4.78, 5) is 9.53. The Morgan fingerprint density at radius 1 is 1.39 bits per heavy atom. The monoisotopic (exact) mass is 259 g/mol. The van der Waals surface area contributed by atoms with Gasteiger partial charge in [-0.2, -0.15) is 5.10 Å². The lowest BCUT2D eigenvalue weighted by molar-refractivity contribution is 0.738. The molecule has 0 aliphatic heterocycles. The molecule has 0 spiro atoms. The van der Waals surface area contributed by atoms with Gasteiger partial charge in [0, 0.05) is 24.8 Å². The first-order valence-electron chi connectivity index (χ1n) is 5.65. The maximum Gasteiger partial charge on any atom is 0.138 e. The largest absolute Gasteiger partial charge is 0.365 e. The second-order valence-corrected chi connectivity index (χ2v) is 4.99. The Bertz CT molecular complexity index is 685. The van der Waals surface area contributed by atoms with E-state index in [9.17, 15) is 0 Å². The normalized spacial score (nSPS) is 11.0. The number of aromatic nitrogens is 4. The number of fused-ring (bicyclic) bond motifs is 1. The average molecular weight is 259 g/mol. The molecular weight excluding hydrogens is 246 g/mol. The summed E-state index contributed by atoms with van der Waals surface area (Å²) in [6.07, 6.45) is 3.48. The Hall–Kier alpha value is -1.95. The van der Waals surface area contributed by atoms with Gasteiger partial charge in [0.25, 0.3) is 0 Å². The molecule has 3 rings (SSSR count). The summed E-state index contributed by atoms with van der Waals surface area (Å²) in [7, 11) is 1.95.